The largest absolute Gasteiger partial charge is 0.479 e. The van der Waals surface area contributed by atoms with Gasteiger partial charge in [-0.3, -0.25) is 0 Å². The molecular weight excluding hydrogens is 323 g/mol. The highest BCUT2D eigenvalue weighted by Crippen LogP contribution is 2.33. The Hall–Kier alpha value is -0.750. The molecule has 1 rings (SSSR count). The molecule has 0 bridgehead atoms. The van der Waals surface area contributed by atoms with E-state index in [1.807, 2.05) is 13.8 Å². The first-order valence-electron chi connectivity index (χ1n) is 5.91. The van der Waals surface area contributed by atoms with E-state index in [0.29, 0.717) is 5.56 Å². The number of alkyl halides is 3. The van der Waals surface area contributed by atoms with Crippen LogP contribution >= 0.6 is 15.9 Å². The molecule has 0 saturated heterocycles. The maximum atomic E-state index is 12.9. The molecule has 0 aromatic heterocycles. The van der Waals surface area contributed by atoms with Crippen molar-refractivity contribution in [2.45, 2.75) is 45.0 Å². The summed E-state index contributed by atoms with van der Waals surface area (Å²) in [6.07, 6.45) is -6.50. The quantitative estimate of drug-likeness (QED) is 0.890. The van der Waals surface area contributed by atoms with Gasteiger partial charge in [-0.2, -0.15) is 13.2 Å². The van der Waals surface area contributed by atoms with Crippen LogP contribution in [0.3, 0.4) is 0 Å². The fourth-order valence-corrected chi connectivity index (χ4v) is 2.07. The monoisotopic (exact) mass is 339 g/mol. The second kappa shape index (κ2) is 6.13. The van der Waals surface area contributed by atoms with Crippen LogP contribution in [-0.2, 0) is 0 Å². The lowest BCUT2D eigenvalue weighted by molar-refractivity contribution is -0.199. The van der Waals surface area contributed by atoms with Crippen molar-refractivity contribution in [3.63, 3.8) is 0 Å². The number of hydrogen-bond acceptors (Lipinski definition) is 2. The van der Waals surface area contributed by atoms with Gasteiger partial charge >= 0.3 is 6.18 Å². The standard InChI is InChI=1S/C13H17BrF3NO/c1-7(2)10-6-9(14)4-5-11(10)19-12(8(3)18)13(15,16)17/h4-8,12H,18H2,1-3H3. The summed E-state index contributed by atoms with van der Waals surface area (Å²) in [5, 5.41) is 0. The lowest BCUT2D eigenvalue weighted by Gasteiger charge is -2.26. The minimum atomic E-state index is -4.49. The zero-order chi connectivity index (χ0) is 14.8. The number of nitrogens with two attached hydrogens (primary N) is 1. The molecule has 0 radical (unpaired) electrons. The van der Waals surface area contributed by atoms with Gasteiger partial charge < -0.3 is 10.5 Å². The van der Waals surface area contributed by atoms with Crippen LogP contribution in [0, 0.1) is 0 Å². The summed E-state index contributed by atoms with van der Waals surface area (Å²) in [5.74, 6) is 0.271. The average molecular weight is 340 g/mol. The molecular formula is C13H17BrF3NO. The van der Waals surface area contributed by atoms with Crippen molar-refractivity contribution in [2.75, 3.05) is 0 Å². The molecule has 0 amide bonds. The third kappa shape index (κ3) is 4.38. The van der Waals surface area contributed by atoms with Crippen LogP contribution in [0.5, 0.6) is 5.75 Å². The van der Waals surface area contributed by atoms with Crippen LogP contribution in [0.15, 0.2) is 22.7 Å². The van der Waals surface area contributed by atoms with E-state index in [4.69, 9.17) is 10.5 Å². The van der Waals surface area contributed by atoms with Crippen LogP contribution in [0.1, 0.15) is 32.3 Å². The van der Waals surface area contributed by atoms with E-state index in [0.717, 1.165) is 4.47 Å². The smallest absolute Gasteiger partial charge is 0.426 e. The van der Waals surface area contributed by atoms with E-state index >= 15 is 0 Å². The van der Waals surface area contributed by atoms with E-state index in [1.54, 1.807) is 12.1 Å². The summed E-state index contributed by atoms with van der Waals surface area (Å²) < 4.78 is 44.5. The Morgan fingerprint density at radius 2 is 1.79 bits per heavy atom. The molecule has 0 fully saturated rings. The number of rotatable bonds is 4. The van der Waals surface area contributed by atoms with Gasteiger partial charge in [0.1, 0.15) is 5.75 Å². The van der Waals surface area contributed by atoms with Crippen molar-refractivity contribution in [1.29, 1.82) is 0 Å². The molecule has 2 nitrogen and oxygen atoms in total. The van der Waals surface area contributed by atoms with Gasteiger partial charge in [-0.25, -0.2) is 0 Å². The van der Waals surface area contributed by atoms with E-state index in [-0.39, 0.29) is 11.7 Å². The van der Waals surface area contributed by atoms with Crippen molar-refractivity contribution >= 4 is 15.9 Å². The molecule has 19 heavy (non-hydrogen) atoms. The van der Waals surface area contributed by atoms with Gasteiger partial charge in [-0.1, -0.05) is 29.8 Å². The van der Waals surface area contributed by atoms with Crippen molar-refractivity contribution < 1.29 is 17.9 Å². The zero-order valence-electron chi connectivity index (χ0n) is 11.0. The highest BCUT2D eigenvalue weighted by molar-refractivity contribution is 9.10. The Kier molecular flexibility index (Phi) is 5.26. The highest BCUT2D eigenvalue weighted by Gasteiger charge is 2.44. The predicted octanol–water partition coefficient (Wildman–Crippen LogP) is 4.23. The van der Waals surface area contributed by atoms with Gasteiger partial charge in [0.25, 0.3) is 0 Å². The molecule has 2 N–H and O–H groups in total. The van der Waals surface area contributed by atoms with Crippen molar-refractivity contribution in [2.24, 2.45) is 5.73 Å². The molecule has 2 unspecified atom stereocenters. The first-order chi connectivity index (χ1) is 8.62. The van der Waals surface area contributed by atoms with Crippen molar-refractivity contribution in [3.05, 3.63) is 28.2 Å². The first kappa shape index (κ1) is 16.3. The molecule has 0 aliphatic carbocycles. The number of benzene rings is 1. The maximum absolute atomic E-state index is 12.9. The summed E-state index contributed by atoms with van der Waals surface area (Å²) in [6, 6.07) is 3.80. The Bertz CT molecular complexity index is 432. The van der Waals surface area contributed by atoms with Crippen LogP contribution in [-0.4, -0.2) is 18.3 Å². The summed E-state index contributed by atoms with van der Waals surface area (Å²) in [7, 11) is 0. The van der Waals surface area contributed by atoms with E-state index in [9.17, 15) is 13.2 Å². The summed E-state index contributed by atoms with van der Waals surface area (Å²) in [5.41, 5.74) is 6.08. The van der Waals surface area contributed by atoms with Crippen molar-refractivity contribution in [3.8, 4) is 5.75 Å². The van der Waals surface area contributed by atoms with Crippen LogP contribution in [0.2, 0.25) is 0 Å². The summed E-state index contributed by atoms with van der Waals surface area (Å²) >= 11 is 3.30. The number of hydrogen-bond donors (Lipinski definition) is 1. The Balaban J connectivity index is 3.10. The second-order valence-electron chi connectivity index (χ2n) is 4.78. The number of ether oxygens (including phenoxy) is 1. The summed E-state index contributed by atoms with van der Waals surface area (Å²) in [6.45, 7) is 5.07. The Labute approximate surface area is 119 Å². The van der Waals surface area contributed by atoms with Gasteiger partial charge in [-0.15, -0.1) is 0 Å². The fourth-order valence-electron chi connectivity index (χ4n) is 1.69. The van der Waals surface area contributed by atoms with Crippen molar-refractivity contribution in [1.82, 2.24) is 0 Å². The highest BCUT2D eigenvalue weighted by atomic mass is 79.9. The molecule has 0 aliphatic heterocycles. The second-order valence-corrected chi connectivity index (χ2v) is 5.69. The fraction of sp³-hybridized carbons (Fsp3) is 0.538. The van der Waals surface area contributed by atoms with Crippen LogP contribution in [0.25, 0.3) is 0 Å². The topological polar surface area (TPSA) is 35.2 Å². The lowest BCUT2D eigenvalue weighted by atomic mass is 10.0. The van der Waals surface area contributed by atoms with Gasteiger partial charge in [0.05, 0.1) is 0 Å². The third-order valence-corrected chi connectivity index (χ3v) is 3.14. The Morgan fingerprint density at radius 3 is 2.21 bits per heavy atom. The van der Waals surface area contributed by atoms with E-state index in [1.165, 1.54) is 13.0 Å². The average Bonchev–Trinajstić information content (AvgIpc) is 2.24. The predicted molar refractivity (Wildman–Crippen MR) is 72.4 cm³/mol. The SMILES string of the molecule is CC(C)c1cc(Br)ccc1OC(C(C)N)C(F)(F)F. The normalized spacial score (nSPS) is 15.4. The molecule has 6 heteroatoms. The maximum Gasteiger partial charge on any atom is 0.426 e. The molecule has 1 aromatic rings. The van der Waals surface area contributed by atoms with E-state index in [2.05, 4.69) is 15.9 Å². The van der Waals surface area contributed by atoms with Crippen LogP contribution in [0.4, 0.5) is 13.2 Å². The molecule has 0 aliphatic rings. The van der Waals surface area contributed by atoms with Crippen LogP contribution < -0.4 is 10.5 Å². The first-order valence-corrected chi connectivity index (χ1v) is 6.70. The lowest BCUT2D eigenvalue weighted by Crippen LogP contribution is -2.47. The molecule has 0 saturated carbocycles. The molecule has 2 atom stereocenters. The Morgan fingerprint density at radius 1 is 1.21 bits per heavy atom. The molecule has 108 valence electrons. The van der Waals surface area contributed by atoms with Gasteiger partial charge in [0, 0.05) is 10.5 Å². The number of halogens is 4. The zero-order valence-corrected chi connectivity index (χ0v) is 12.5. The summed E-state index contributed by atoms with van der Waals surface area (Å²) in [4.78, 5) is 0. The molecule has 0 heterocycles. The third-order valence-electron chi connectivity index (χ3n) is 2.65. The van der Waals surface area contributed by atoms with E-state index < -0.39 is 18.3 Å². The molecule has 0 spiro atoms. The van der Waals surface area contributed by atoms with Gasteiger partial charge in [-0.05, 0) is 36.6 Å². The molecule has 1 aromatic carbocycles. The van der Waals surface area contributed by atoms with Gasteiger partial charge in [0.2, 0.25) is 6.10 Å². The minimum Gasteiger partial charge on any atom is -0.479 e. The minimum absolute atomic E-state index is 0.0504. The van der Waals surface area contributed by atoms with Gasteiger partial charge in [0.15, 0.2) is 0 Å².